The minimum Gasteiger partial charge on any atom is -0.338 e. The van der Waals surface area contributed by atoms with E-state index >= 15 is 0 Å². The summed E-state index contributed by atoms with van der Waals surface area (Å²) in [6.45, 7) is 3.49. The fourth-order valence-electron chi connectivity index (χ4n) is 5.27. The Morgan fingerprint density at radius 3 is 2.30 bits per heavy atom. The third kappa shape index (κ3) is 2.69. The van der Waals surface area contributed by atoms with Crippen LogP contribution >= 0.6 is 0 Å². The van der Waals surface area contributed by atoms with Gasteiger partial charge in [0.05, 0.1) is 11.1 Å². The van der Waals surface area contributed by atoms with Crippen LogP contribution in [0.15, 0.2) is 18.2 Å². The van der Waals surface area contributed by atoms with Crippen LogP contribution in [0.5, 0.6) is 0 Å². The summed E-state index contributed by atoms with van der Waals surface area (Å²) in [5.74, 6) is 0.632. The molecule has 0 bridgehead atoms. The summed E-state index contributed by atoms with van der Waals surface area (Å²) in [5, 5.41) is 3.38. The molecule has 0 aromatic heterocycles. The molecule has 0 radical (unpaired) electrons. The van der Waals surface area contributed by atoms with Crippen molar-refractivity contribution >= 4 is 17.7 Å². The molecule has 5 rings (SSSR count). The minimum absolute atomic E-state index is 0.00996. The second kappa shape index (κ2) is 6.44. The highest BCUT2D eigenvalue weighted by molar-refractivity contribution is 6.22. The molecule has 2 atom stereocenters. The fourth-order valence-corrected chi connectivity index (χ4v) is 5.27. The van der Waals surface area contributed by atoms with Gasteiger partial charge in [-0.2, -0.15) is 0 Å². The van der Waals surface area contributed by atoms with Gasteiger partial charge in [0, 0.05) is 37.8 Å². The van der Waals surface area contributed by atoms with Crippen molar-refractivity contribution in [3.05, 3.63) is 34.9 Å². The number of hydrogen-bond donors (Lipinski definition) is 1. The van der Waals surface area contributed by atoms with Gasteiger partial charge in [-0.15, -0.1) is 0 Å². The highest BCUT2D eigenvalue weighted by Crippen LogP contribution is 2.32. The maximum atomic E-state index is 12.9. The molecular formula is C21H25N3O3. The highest BCUT2D eigenvalue weighted by atomic mass is 16.2. The van der Waals surface area contributed by atoms with Crippen LogP contribution in [0.4, 0.5) is 0 Å². The molecule has 0 spiro atoms. The van der Waals surface area contributed by atoms with E-state index in [1.54, 1.807) is 18.2 Å². The van der Waals surface area contributed by atoms with E-state index in [2.05, 4.69) is 5.32 Å². The first-order chi connectivity index (χ1) is 13.1. The lowest BCUT2D eigenvalue weighted by Crippen LogP contribution is -2.40. The molecule has 1 aromatic rings. The first-order valence-corrected chi connectivity index (χ1v) is 10.2. The van der Waals surface area contributed by atoms with Crippen molar-refractivity contribution in [1.82, 2.24) is 15.1 Å². The molecule has 3 heterocycles. The number of rotatable bonds is 2. The van der Waals surface area contributed by atoms with Crippen LogP contribution in [0, 0.1) is 11.8 Å². The molecule has 142 valence electrons. The second-order valence-corrected chi connectivity index (χ2v) is 8.42. The fraction of sp³-hybridized carbons (Fsp3) is 0.571. The van der Waals surface area contributed by atoms with E-state index in [1.165, 1.54) is 11.3 Å². The molecule has 3 fully saturated rings. The van der Waals surface area contributed by atoms with Crippen LogP contribution in [0.3, 0.4) is 0 Å². The van der Waals surface area contributed by atoms with Crippen molar-refractivity contribution in [3.8, 4) is 0 Å². The number of likely N-dealkylation sites (tertiary alicyclic amines) is 1. The predicted molar refractivity (Wildman–Crippen MR) is 99.6 cm³/mol. The first-order valence-electron chi connectivity index (χ1n) is 10.2. The van der Waals surface area contributed by atoms with Crippen molar-refractivity contribution in [2.75, 3.05) is 26.2 Å². The van der Waals surface area contributed by atoms with Gasteiger partial charge in [-0.25, -0.2) is 0 Å². The minimum atomic E-state index is -0.223. The number of amides is 3. The SMILES string of the molecule is O=C(c1ccc2c(c1)C(=O)N(C1CCCCC1)C2=O)N1C[C@H]2CNC[C@H]2C1. The van der Waals surface area contributed by atoms with E-state index in [1.807, 2.05) is 4.90 Å². The summed E-state index contributed by atoms with van der Waals surface area (Å²) in [7, 11) is 0. The maximum absolute atomic E-state index is 12.9. The Morgan fingerprint density at radius 2 is 1.59 bits per heavy atom. The van der Waals surface area contributed by atoms with E-state index in [-0.39, 0.29) is 23.8 Å². The van der Waals surface area contributed by atoms with E-state index in [0.29, 0.717) is 28.5 Å². The molecular weight excluding hydrogens is 342 g/mol. The largest absolute Gasteiger partial charge is 0.338 e. The lowest BCUT2D eigenvalue weighted by atomic mass is 9.94. The maximum Gasteiger partial charge on any atom is 0.261 e. The van der Waals surface area contributed by atoms with Crippen molar-refractivity contribution in [3.63, 3.8) is 0 Å². The van der Waals surface area contributed by atoms with Crippen LogP contribution in [0.2, 0.25) is 0 Å². The van der Waals surface area contributed by atoms with Crippen LogP contribution < -0.4 is 5.32 Å². The number of hydrogen-bond acceptors (Lipinski definition) is 4. The van der Waals surface area contributed by atoms with Crippen molar-refractivity contribution in [1.29, 1.82) is 0 Å². The van der Waals surface area contributed by atoms with Crippen molar-refractivity contribution < 1.29 is 14.4 Å². The topological polar surface area (TPSA) is 69.7 Å². The Bertz CT molecular complexity index is 803. The summed E-state index contributed by atoms with van der Waals surface area (Å²) < 4.78 is 0. The van der Waals surface area contributed by atoms with Crippen molar-refractivity contribution in [2.45, 2.75) is 38.1 Å². The number of carbonyl (C=O) groups excluding carboxylic acids is 3. The average molecular weight is 367 g/mol. The Balaban J connectivity index is 1.38. The molecule has 0 unspecified atom stereocenters. The molecule has 6 heteroatoms. The normalized spacial score (nSPS) is 28.0. The van der Waals surface area contributed by atoms with Gasteiger partial charge in [-0.05, 0) is 42.9 Å². The molecule has 6 nitrogen and oxygen atoms in total. The number of nitrogens with zero attached hydrogens (tertiary/aromatic N) is 2. The van der Waals surface area contributed by atoms with Crippen LogP contribution in [0.25, 0.3) is 0 Å². The predicted octanol–water partition coefficient (Wildman–Crippen LogP) is 1.91. The third-order valence-electron chi connectivity index (χ3n) is 6.78. The lowest BCUT2D eigenvalue weighted by Gasteiger charge is -2.29. The molecule has 3 amide bonds. The zero-order valence-electron chi connectivity index (χ0n) is 15.4. The number of fused-ring (bicyclic) bond motifs is 2. The number of nitrogens with one attached hydrogen (secondary N) is 1. The smallest absolute Gasteiger partial charge is 0.261 e. The second-order valence-electron chi connectivity index (χ2n) is 8.42. The van der Waals surface area contributed by atoms with Gasteiger partial charge in [0.25, 0.3) is 17.7 Å². The van der Waals surface area contributed by atoms with Crippen molar-refractivity contribution in [2.24, 2.45) is 11.8 Å². The number of carbonyl (C=O) groups is 3. The zero-order valence-corrected chi connectivity index (χ0v) is 15.4. The molecule has 4 aliphatic rings. The van der Waals surface area contributed by atoms with Crippen LogP contribution in [-0.2, 0) is 0 Å². The molecule has 2 saturated heterocycles. The van der Waals surface area contributed by atoms with Gasteiger partial charge in [-0.3, -0.25) is 19.3 Å². The average Bonchev–Trinajstić information content (AvgIpc) is 3.35. The quantitative estimate of drug-likeness (QED) is 0.811. The molecule has 1 saturated carbocycles. The van der Waals surface area contributed by atoms with E-state index in [4.69, 9.17) is 0 Å². The van der Waals surface area contributed by atoms with E-state index in [0.717, 1.165) is 51.9 Å². The van der Waals surface area contributed by atoms with Crippen LogP contribution in [-0.4, -0.2) is 59.7 Å². The highest BCUT2D eigenvalue weighted by Gasteiger charge is 2.42. The van der Waals surface area contributed by atoms with Crippen LogP contribution in [0.1, 0.15) is 63.2 Å². The molecule has 27 heavy (non-hydrogen) atoms. The van der Waals surface area contributed by atoms with Gasteiger partial charge in [0.15, 0.2) is 0 Å². The Morgan fingerprint density at radius 1 is 0.926 bits per heavy atom. The lowest BCUT2D eigenvalue weighted by molar-refractivity contribution is 0.0548. The monoisotopic (exact) mass is 367 g/mol. The van der Waals surface area contributed by atoms with E-state index in [9.17, 15) is 14.4 Å². The Hall–Kier alpha value is -2.21. The first kappa shape index (κ1) is 16.9. The van der Waals surface area contributed by atoms with Gasteiger partial charge in [0.2, 0.25) is 0 Å². The molecule has 1 aliphatic carbocycles. The van der Waals surface area contributed by atoms with E-state index < -0.39 is 0 Å². The number of imide groups is 1. The summed E-state index contributed by atoms with van der Waals surface area (Å²) in [6.07, 6.45) is 5.08. The summed E-state index contributed by atoms with van der Waals surface area (Å²) >= 11 is 0. The van der Waals surface area contributed by atoms with Gasteiger partial charge >= 0.3 is 0 Å². The Kier molecular flexibility index (Phi) is 4.04. The zero-order chi connectivity index (χ0) is 18.5. The number of benzene rings is 1. The summed E-state index contributed by atoms with van der Waals surface area (Å²) in [4.78, 5) is 42.0. The molecule has 1 N–H and O–H groups in total. The summed E-state index contributed by atoms with van der Waals surface area (Å²) in [6, 6.07) is 5.04. The standard InChI is InChI=1S/C21H25N3O3/c25-19(23-11-14-9-22-10-15(14)12-23)13-6-7-17-18(8-13)21(27)24(20(17)26)16-4-2-1-3-5-16/h6-8,14-16,22H,1-5,9-12H2/t14-,15+. The molecule has 1 aromatic carbocycles. The van der Waals surface area contributed by atoms with Gasteiger partial charge in [-0.1, -0.05) is 19.3 Å². The Labute approximate surface area is 158 Å². The van der Waals surface area contributed by atoms with Gasteiger partial charge in [0.1, 0.15) is 0 Å². The summed E-state index contributed by atoms with van der Waals surface area (Å²) in [5.41, 5.74) is 1.37. The molecule has 3 aliphatic heterocycles. The third-order valence-corrected chi connectivity index (χ3v) is 6.78. The van der Waals surface area contributed by atoms with Gasteiger partial charge < -0.3 is 10.2 Å².